The van der Waals surface area contributed by atoms with E-state index in [2.05, 4.69) is 27.8 Å². The molecule has 1 aliphatic rings. The largest absolute Gasteiger partial charge is 0.469 e. The number of nitrogens with zero attached hydrogens (tertiary/aromatic N) is 1. The number of carbonyl (C=O) groups is 1. The quantitative estimate of drug-likeness (QED) is 0.798. The lowest BCUT2D eigenvalue weighted by molar-refractivity contribution is -0.146. The third-order valence-electron chi connectivity index (χ3n) is 3.58. The fourth-order valence-electron chi connectivity index (χ4n) is 2.55. The Hall–Kier alpha value is -0.940. The van der Waals surface area contributed by atoms with E-state index < -0.39 is 0 Å². The number of esters is 1. The molecule has 19 heavy (non-hydrogen) atoms. The van der Waals surface area contributed by atoms with E-state index in [4.69, 9.17) is 4.74 Å². The van der Waals surface area contributed by atoms with Gasteiger partial charge < -0.3 is 4.74 Å². The third kappa shape index (κ3) is 3.34. The number of benzene rings is 1. The molecular weight excluding hydrogens is 313 g/mol. The summed E-state index contributed by atoms with van der Waals surface area (Å²) < 4.78 is 18.5. The first-order valence-electron chi connectivity index (χ1n) is 6.25. The smallest absolute Gasteiger partial charge is 0.310 e. The first-order valence-corrected chi connectivity index (χ1v) is 7.04. The van der Waals surface area contributed by atoms with Crippen molar-refractivity contribution in [2.24, 2.45) is 11.8 Å². The zero-order chi connectivity index (χ0) is 14.0. The van der Waals surface area contributed by atoms with E-state index in [1.807, 2.05) is 0 Å². The molecule has 0 spiro atoms. The summed E-state index contributed by atoms with van der Waals surface area (Å²) in [7, 11) is 1.43. The predicted octanol–water partition coefficient (Wildman–Crippen LogP) is 2.83. The van der Waals surface area contributed by atoms with Crippen LogP contribution in [0.3, 0.4) is 0 Å². The van der Waals surface area contributed by atoms with Gasteiger partial charge in [0.15, 0.2) is 0 Å². The fraction of sp³-hybridized carbons (Fsp3) is 0.500. The van der Waals surface area contributed by atoms with Gasteiger partial charge >= 0.3 is 5.97 Å². The topological polar surface area (TPSA) is 29.5 Å². The highest BCUT2D eigenvalue weighted by Crippen LogP contribution is 2.26. The maximum absolute atomic E-state index is 13.2. The molecule has 1 fully saturated rings. The molecule has 2 unspecified atom stereocenters. The van der Waals surface area contributed by atoms with Gasteiger partial charge in [-0.3, -0.25) is 9.69 Å². The van der Waals surface area contributed by atoms with E-state index in [-0.39, 0.29) is 23.6 Å². The van der Waals surface area contributed by atoms with Gasteiger partial charge in [0.1, 0.15) is 5.82 Å². The van der Waals surface area contributed by atoms with Crippen molar-refractivity contribution in [2.45, 2.75) is 13.5 Å². The van der Waals surface area contributed by atoms with E-state index >= 15 is 0 Å². The molecule has 0 bridgehead atoms. The normalized spacial score (nSPS) is 23.6. The molecule has 0 saturated carbocycles. The van der Waals surface area contributed by atoms with Gasteiger partial charge in [0.2, 0.25) is 0 Å². The van der Waals surface area contributed by atoms with Gasteiger partial charge in [0.25, 0.3) is 0 Å². The van der Waals surface area contributed by atoms with E-state index in [1.54, 1.807) is 12.1 Å². The van der Waals surface area contributed by atoms with Gasteiger partial charge in [0, 0.05) is 19.6 Å². The Morgan fingerprint density at radius 3 is 2.89 bits per heavy atom. The van der Waals surface area contributed by atoms with Crippen molar-refractivity contribution < 1.29 is 13.9 Å². The van der Waals surface area contributed by atoms with Gasteiger partial charge in [-0.05, 0) is 39.5 Å². The minimum atomic E-state index is -0.258. The van der Waals surface area contributed by atoms with Crippen LogP contribution in [-0.4, -0.2) is 31.1 Å². The van der Waals surface area contributed by atoms with E-state index in [0.29, 0.717) is 11.0 Å². The second-order valence-corrected chi connectivity index (χ2v) is 5.90. The Kier molecular flexibility index (Phi) is 4.58. The fourth-order valence-corrected chi connectivity index (χ4v) is 2.98. The lowest BCUT2D eigenvalue weighted by atomic mass is 9.99. The molecule has 0 aliphatic carbocycles. The van der Waals surface area contributed by atoms with Crippen LogP contribution in [-0.2, 0) is 16.1 Å². The number of ether oxygens (including phenoxy) is 1. The zero-order valence-corrected chi connectivity index (χ0v) is 12.6. The van der Waals surface area contributed by atoms with Crippen LogP contribution < -0.4 is 0 Å². The first kappa shape index (κ1) is 14.5. The molecule has 104 valence electrons. The predicted molar refractivity (Wildman–Crippen MR) is 74.0 cm³/mol. The minimum absolute atomic E-state index is 0.0612. The number of carbonyl (C=O) groups excluding carboxylic acids is 1. The third-order valence-corrected chi connectivity index (χ3v) is 4.19. The van der Waals surface area contributed by atoms with E-state index in [1.165, 1.54) is 13.2 Å². The molecule has 2 rings (SSSR count). The van der Waals surface area contributed by atoms with Gasteiger partial charge in [0.05, 0.1) is 17.5 Å². The number of rotatable bonds is 3. The standard InChI is InChI=1S/C14H17BrFNO2/c1-9-6-17(8-11(9)14(18)19-2)7-10-3-4-13(16)12(15)5-10/h3-5,9,11H,6-8H2,1-2H3. The summed E-state index contributed by atoms with van der Waals surface area (Å²) in [6.45, 7) is 4.33. The molecule has 5 heteroatoms. The lowest BCUT2D eigenvalue weighted by Crippen LogP contribution is -2.24. The Bertz CT molecular complexity index is 481. The molecule has 1 aliphatic heterocycles. The highest BCUT2D eigenvalue weighted by atomic mass is 79.9. The molecule has 1 saturated heterocycles. The van der Waals surface area contributed by atoms with E-state index in [0.717, 1.165) is 18.7 Å². The summed E-state index contributed by atoms with van der Waals surface area (Å²) in [5, 5.41) is 0. The van der Waals surface area contributed by atoms with Gasteiger partial charge in [-0.2, -0.15) is 0 Å². The summed E-state index contributed by atoms with van der Waals surface area (Å²) in [5.41, 5.74) is 1.03. The molecule has 0 N–H and O–H groups in total. The van der Waals surface area contributed by atoms with Crippen molar-refractivity contribution in [3.63, 3.8) is 0 Å². The number of hydrogen-bond acceptors (Lipinski definition) is 3. The van der Waals surface area contributed by atoms with Crippen molar-refractivity contribution >= 4 is 21.9 Å². The number of halogens is 2. The zero-order valence-electron chi connectivity index (χ0n) is 11.0. The highest BCUT2D eigenvalue weighted by molar-refractivity contribution is 9.10. The SMILES string of the molecule is COC(=O)C1CN(Cc2ccc(F)c(Br)c2)CC1C. The second kappa shape index (κ2) is 6.01. The van der Waals surface area contributed by atoms with Crippen molar-refractivity contribution in [3.8, 4) is 0 Å². The number of hydrogen-bond donors (Lipinski definition) is 0. The molecule has 0 amide bonds. The van der Waals surface area contributed by atoms with Gasteiger partial charge in [-0.15, -0.1) is 0 Å². The Balaban J connectivity index is 2.01. The molecule has 2 atom stereocenters. The average molecular weight is 330 g/mol. The average Bonchev–Trinajstić information content (AvgIpc) is 2.74. The van der Waals surface area contributed by atoms with Crippen LogP contribution in [0.1, 0.15) is 12.5 Å². The Morgan fingerprint density at radius 1 is 1.53 bits per heavy atom. The van der Waals surface area contributed by atoms with Crippen molar-refractivity contribution in [1.82, 2.24) is 4.90 Å². The summed E-state index contributed by atoms with van der Waals surface area (Å²) in [4.78, 5) is 13.8. The number of likely N-dealkylation sites (tertiary alicyclic amines) is 1. The van der Waals surface area contributed by atoms with Crippen LogP contribution in [0, 0.1) is 17.7 Å². The van der Waals surface area contributed by atoms with Crippen molar-refractivity contribution in [3.05, 3.63) is 34.1 Å². The maximum atomic E-state index is 13.2. The van der Waals surface area contributed by atoms with Gasteiger partial charge in [-0.1, -0.05) is 13.0 Å². The number of methoxy groups -OCH3 is 1. The Labute approximate surface area is 120 Å². The van der Waals surface area contributed by atoms with Crippen LogP contribution in [0.25, 0.3) is 0 Å². The van der Waals surface area contributed by atoms with Crippen LogP contribution >= 0.6 is 15.9 Å². The van der Waals surface area contributed by atoms with Crippen molar-refractivity contribution in [1.29, 1.82) is 0 Å². The van der Waals surface area contributed by atoms with Crippen LogP contribution in [0.4, 0.5) is 4.39 Å². The lowest BCUT2D eigenvalue weighted by Gasteiger charge is -2.15. The second-order valence-electron chi connectivity index (χ2n) is 5.05. The maximum Gasteiger partial charge on any atom is 0.310 e. The van der Waals surface area contributed by atoms with Crippen molar-refractivity contribution in [2.75, 3.05) is 20.2 Å². The minimum Gasteiger partial charge on any atom is -0.469 e. The molecule has 0 aromatic heterocycles. The summed E-state index contributed by atoms with van der Waals surface area (Å²) in [6.07, 6.45) is 0. The van der Waals surface area contributed by atoms with Crippen LogP contribution in [0.2, 0.25) is 0 Å². The Morgan fingerprint density at radius 2 is 2.26 bits per heavy atom. The summed E-state index contributed by atoms with van der Waals surface area (Å²) in [5.74, 6) is -0.175. The molecule has 1 aromatic rings. The molecule has 3 nitrogen and oxygen atoms in total. The van der Waals surface area contributed by atoms with Crippen LogP contribution in [0.5, 0.6) is 0 Å². The first-order chi connectivity index (χ1) is 9.01. The van der Waals surface area contributed by atoms with Crippen LogP contribution in [0.15, 0.2) is 22.7 Å². The van der Waals surface area contributed by atoms with E-state index in [9.17, 15) is 9.18 Å². The highest BCUT2D eigenvalue weighted by Gasteiger charge is 2.35. The monoisotopic (exact) mass is 329 g/mol. The molecule has 1 heterocycles. The molecular formula is C14H17BrFNO2. The summed E-state index contributed by atoms with van der Waals surface area (Å²) in [6, 6.07) is 5.01. The molecule has 0 radical (unpaired) electrons. The molecule has 1 aromatic carbocycles. The summed E-state index contributed by atoms with van der Waals surface area (Å²) >= 11 is 3.19. The van der Waals surface area contributed by atoms with Gasteiger partial charge in [-0.25, -0.2) is 4.39 Å².